The van der Waals surface area contributed by atoms with Crippen LogP contribution in [0.4, 0.5) is 5.69 Å². The number of nitrogens with zero attached hydrogens (tertiary/aromatic N) is 2. The van der Waals surface area contributed by atoms with Crippen molar-refractivity contribution in [3.05, 3.63) is 70.3 Å². The number of hydrogen-bond acceptors (Lipinski definition) is 3. The van der Waals surface area contributed by atoms with E-state index in [1.165, 1.54) is 0 Å². The SMILES string of the molecule is Cc1ccn(CCC(C)C)c(=O)c1C(=O)Nc1cn[nH]c1-c1ccccc1. The Hall–Kier alpha value is -3.15. The van der Waals surface area contributed by atoms with Crippen LogP contribution in [0.1, 0.15) is 36.2 Å². The molecule has 27 heavy (non-hydrogen) atoms. The van der Waals surface area contributed by atoms with Crippen molar-refractivity contribution in [2.24, 2.45) is 5.92 Å². The van der Waals surface area contributed by atoms with Crippen LogP contribution in [0.25, 0.3) is 11.3 Å². The number of carbonyl (C=O) groups excluding carboxylic acids is 1. The minimum atomic E-state index is -0.421. The van der Waals surface area contributed by atoms with Gasteiger partial charge in [-0.25, -0.2) is 0 Å². The lowest BCUT2D eigenvalue weighted by atomic mass is 10.1. The molecule has 6 nitrogen and oxygen atoms in total. The Bertz CT molecular complexity index is 987. The molecule has 1 aromatic carbocycles. The highest BCUT2D eigenvalue weighted by Crippen LogP contribution is 2.25. The third-order valence-electron chi connectivity index (χ3n) is 4.50. The van der Waals surface area contributed by atoms with Gasteiger partial charge in [0.2, 0.25) is 0 Å². The van der Waals surface area contributed by atoms with E-state index < -0.39 is 5.91 Å². The molecule has 0 aliphatic heterocycles. The van der Waals surface area contributed by atoms with Crippen molar-refractivity contribution >= 4 is 11.6 Å². The van der Waals surface area contributed by atoms with E-state index in [0.29, 0.717) is 29.4 Å². The predicted octanol–water partition coefficient (Wildman–Crippen LogP) is 3.85. The van der Waals surface area contributed by atoms with Gasteiger partial charge in [0.25, 0.3) is 11.5 Å². The molecule has 2 heterocycles. The maximum Gasteiger partial charge on any atom is 0.263 e. The summed E-state index contributed by atoms with van der Waals surface area (Å²) < 4.78 is 1.61. The number of H-pyrrole nitrogens is 1. The van der Waals surface area contributed by atoms with Gasteiger partial charge in [-0.3, -0.25) is 14.7 Å². The van der Waals surface area contributed by atoms with Crippen LogP contribution in [0.15, 0.2) is 53.6 Å². The van der Waals surface area contributed by atoms with Gasteiger partial charge in [0.15, 0.2) is 0 Å². The van der Waals surface area contributed by atoms with Gasteiger partial charge in [0.1, 0.15) is 5.56 Å². The summed E-state index contributed by atoms with van der Waals surface area (Å²) >= 11 is 0. The van der Waals surface area contributed by atoms with Gasteiger partial charge in [-0.2, -0.15) is 5.10 Å². The van der Waals surface area contributed by atoms with Crippen LogP contribution in [-0.2, 0) is 6.54 Å². The number of hydrogen-bond donors (Lipinski definition) is 2. The fourth-order valence-electron chi connectivity index (χ4n) is 2.91. The van der Waals surface area contributed by atoms with E-state index in [4.69, 9.17) is 0 Å². The molecule has 0 radical (unpaired) electrons. The van der Waals surface area contributed by atoms with E-state index in [0.717, 1.165) is 12.0 Å². The van der Waals surface area contributed by atoms with Crippen LogP contribution in [0.5, 0.6) is 0 Å². The number of nitrogens with one attached hydrogen (secondary N) is 2. The Morgan fingerprint density at radius 1 is 1.22 bits per heavy atom. The fraction of sp³-hybridized carbons (Fsp3) is 0.286. The molecule has 0 spiro atoms. The van der Waals surface area contributed by atoms with Gasteiger partial charge >= 0.3 is 0 Å². The lowest BCUT2D eigenvalue weighted by molar-refractivity contribution is 0.102. The Morgan fingerprint density at radius 2 is 1.96 bits per heavy atom. The second-order valence-corrected chi connectivity index (χ2v) is 7.03. The molecule has 0 atom stereocenters. The number of pyridine rings is 1. The molecule has 2 N–H and O–H groups in total. The summed E-state index contributed by atoms with van der Waals surface area (Å²) in [6.07, 6.45) is 4.18. The van der Waals surface area contributed by atoms with E-state index in [-0.39, 0.29) is 11.1 Å². The van der Waals surface area contributed by atoms with Crippen molar-refractivity contribution in [1.29, 1.82) is 0 Å². The zero-order valence-corrected chi connectivity index (χ0v) is 15.8. The van der Waals surface area contributed by atoms with Crippen LogP contribution in [0.3, 0.4) is 0 Å². The molecule has 6 heteroatoms. The third-order valence-corrected chi connectivity index (χ3v) is 4.50. The van der Waals surface area contributed by atoms with Gasteiger partial charge in [-0.05, 0) is 30.9 Å². The highest BCUT2D eigenvalue weighted by Gasteiger charge is 2.18. The molecule has 0 bridgehead atoms. The Kier molecular flexibility index (Phi) is 5.54. The first-order chi connectivity index (χ1) is 13.0. The number of carbonyl (C=O) groups is 1. The zero-order valence-electron chi connectivity index (χ0n) is 15.8. The average molecular weight is 364 g/mol. The number of amides is 1. The van der Waals surface area contributed by atoms with Crippen molar-refractivity contribution in [1.82, 2.24) is 14.8 Å². The van der Waals surface area contributed by atoms with Crippen molar-refractivity contribution in [2.45, 2.75) is 33.7 Å². The molecule has 0 unspecified atom stereocenters. The molecular weight excluding hydrogens is 340 g/mol. The second-order valence-electron chi connectivity index (χ2n) is 7.03. The first-order valence-electron chi connectivity index (χ1n) is 9.07. The topological polar surface area (TPSA) is 79.8 Å². The first kappa shape index (κ1) is 18.6. The minimum absolute atomic E-state index is 0.168. The lowest BCUT2D eigenvalue weighted by Crippen LogP contribution is -2.30. The number of benzene rings is 1. The fourth-order valence-corrected chi connectivity index (χ4v) is 2.91. The van der Waals surface area contributed by atoms with E-state index >= 15 is 0 Å². The summed E-state index contributed by atoms with van der Waals surface area (Å²) in [4.78, 5) is 25.7. The highest BCUT2D eigenvalue weighted by molar-refractivity contribution is 6.06. The summed E-state index contributed by atoms with van der Waals surface area (Å²) in [6.45, 7) is 6.59. The quantitative estimate of drug-likeness (QED) is 0.697. The number of aromatic nitrogens is 3. The zero-order chi connectivity index (χ0) is 19.4. The number of anilines is 1. The van der Waals surface area contributed by atoms with Crippen molar-refractivity contribution in [2.75, 3.05) is 5.32 Å². The van der Waals surface area contributed by atoms with Crippen LogP contribution >= 0.6 is 0 Å². The molecule has 1 amide bonds. The highest BCUT2D eigenvalue weighted by atomic mass is 16.2. The van der Waals surface area contributed by atoms with Crippen LogP contribution in [0.2, 0.25) is 0 Å². The summed E-state index contributed by atoms with van der Waals surface area (Å²) in [7, 11) is 0. The minimum Gasteiger partial charge on any atom is -0.319 e. The standard InChI is InChI=1S/C21H24N4O2/c1-14(2)9-11-25-12-10-15(3)18(21(25)27)20(26)23-17-13-22-24-19(17)16-7-5-4-6-8-16/h4-8,10,12-14H,9,11H2,1-3H3,(H,22,24)(H,23,26). The van der Waals surface area contributed by atoms with Crippen molar-refractivity contribution in [3.8, 4) is 11.3 Å². The van der Waals surface area contributed by atoms with Gasteiger partial charge < -0.3 is 9.88 Å². The van der Waals surface area contributed by atoms with Crippen LogP contribution < -0.4 is 10.9 Å². The van der Waals surface area contributed by atoms with Crippen molar-refractivity contribution in [3.63, 3.8) is 0 Å². The second kappa shape index (κ2) is 8.03. The summed E-state index contributed by atoms with van der Waals surface area (Å²) in [5.41, 5.74) is 2.71. The largest absolute Gasteiger partial charge is 0.319 e. The molecule has 140 valence electrons. The maximum absolute atomic E-state index is 12.9. The molecule has 0 saturated carbocycles. The van der Waals surface area contributed by atoms with Gasteiger partial charge in [0.05, 0.1) is 17.6 Å². The summed E-state index contributed by atoms with van der Waals surface area (Å²) in [5, 5.41) is 9.77. The molecular formula is C21H24N4O2. The van der Waals surface area contributed by atoms with E-state index in [9.17, 15) is 9.59 Å². The monoisotopic (exact) mass is 364 g/mol. The first-order valence-corrected chi connectivity index (χ1v) is 9.07. The number of aryl methyl sites for hydroxylation is 2. The molecule has 2 aromatic heterocycles. The summed E-state index contributed by atoms with van der Waals surface area (Å²) in [6, 6.07) is 11.4. The number of rotatable bonds is 6. The van der Waals surface area contributed by atoms with E-state index in [1.807, 2.05) is 36.4 Å². The predicted molar refractivity (Wildman–Crippen MR) is 107 cm³/mol. The third kappa shape index (κ3) is 4.16. The van der Waals surface area contributed by atoms with Crippen LogP contribution in [-0.4, -0.2) is 20.7 Å². The average Bonchev–Trinajstić information content (AvgIpc) is 3.09. The van der Waals surface area contributed by atoms with E-state index in [1.54, 1.807) is 23.9 Å². The summed E-state index contributed by atoms with van der Waals surface area (Å²) in [5.74, 6) is 0.0600. The van der Waals surface area contributed by atoms with Gasteiger partial charge in [0, 0.05) is 18.3 Å². The van der Waals surface area contributed by atoms with Crippen LogP contribution in [0, 0.1) is 12.8 Å². The Labute approximate surface area is 158 Å². The normalized spacial score (nSPS) is 11.0. The maximum atomic E-state index is 12.9. The molecule has 3 rings (SSSR count). The molecule has 0 fully saturated rings. The van der Waals surface area contributed by atoms with E-state index in [2.05, 4.69) is 29.4 Å². The molecule has 0 saturated heterocycles. The molecule has 0 aliphatic rings. The Balaban J connectivity index is 1.89. The van der Waals surface area contributed by atoms with Gasteiger partial charge in [-0.1, -0.05) is 44.2 Å². The number of aromatic amines is 1. The molecule has 3 aromatic rings. The smallest absolute Gasteiger partial charge is 0.263 e. The lowest BCUT2D eigenvalue weighted by Gasteiger charge is -2.12. The molecule has 0 aliphatic carbocycles. The van der Waals surface area contributed by atoms with Crippen molar-refractivity contribution < 1.29 is 4.79 Å². The Morgan fingerprint density at radius 3 is 2.67 bits per heavy atom. The van der Waals surface area contributed by atoms with Gasteiger partial charge in [-0.15, -0.1) is 0 Å².